The van der Waals surface area contributed by atoms with Gasteiger partial charge in [-0.25, -0.2) is 0 Å². The summed E-state index contributed by atoms with van der Waals surface area (Å²) in [5.74, 6) is 0.309. The largest absolute Gasteiger partial charge is 0.463 e. The number of hydrogen-bond donors (Lipinski definition) is 1. The summed E-state index contributed by atoms with van der Waals surface area (Å²) in [7, 11) is 0. The SMILES string of the molecule is O=C(CCc1ccc(Cl)c(C(F)(F)F)c1)NCc1cccnc1-c1ccco1. The van der Waals surface area contributed by atoms with Crippen LogP contribution in [0.5, 0.6) is 0 Å². The van der Waals surface area contributed by atoms with Gasteiger partial charge in [-0.15, -0.1) is 0 Å². The first kappa shape index (κ1) is 19.9. The molecular formula is C20H16ClF3N2O2. The number of alkyl halides is 3. The lowest BCUT2D eigenvalue weighted by molar-refractivity contribution is -0.137. The molecule has 0 atom stereocenters. The molecule has 0 radical (unpaired) electrons. The first-order valence-corrected chi connectivity index (χ1v) is 8.82. The number of aryl methyl sites for hydroxylation is 1. The van der Waals surface area contributed by atoms with Crippen molar-refractivity contribution < 1.29 is 22.4 Å². The van der Waals surface area contributed by atoms with E-state index in [0.717, 1.165) is 11.6 Å². The van der Waals surface area contributed by atoms with Gasteiger partial charge in [0.2, 0.25) is 5.91 Å². The van der Waals surface area contributed by atoms with Crippen LogP contribution in [0.3, 0.4) is 0 Å². The number of nitrogens with one attached hydrogen (secondary N) is 1. The van der Waals surface area contributed by atoms with Crippen molar-refractivity contribution in [2.75, 3.05) is 0 Å². The van der Waals surface area contributed by atoms with Gasteiger partial charge in [0.1, 0.15) is 5.69 Å². The number of nitrogens with zero attached hydrogens (tertiary/aromatic N) is 1. The topological polar surface area (TPSA) is 55.1 Å². The van der Waals surface area contributed by atoms with Gasteiger partial charge in [-0.05, 0) is 42.3 Å². The number of benzene rings is 1. The predicted molar refractivity (Wildman–Crippen MR) is 98.6 cm³/mol. The van der Waals surface area contributed by atoms with Crippen LogP contribution in [0.2, 0.25) is 5.02 Å². The van der Waals surface area contributed by atoms with Crippen molar-refractivity contribution in [1.29, 1.82) is 0 Å². The highest BCUT2D eigenvalue weighted by Gasteiger charge is 2.33. The van der Waals surface area contributed by atoms with Gasteiger partial charge in [-0.1, -0.05) is 23.7 Å². The molecule has 0 fully saturated rings. The van der Waals surface area contributed by atoms with Crippen molar-refractivity contribution in [3.63, 3.8) is 0 Å². The zero-order chi connectivity index (χ0) is 20.1. The van der Waals surface area contributed by atoms with Crippen molar-refractivity contribution in [1.82, 2.24) is 10.3 Å². The van der Waals surface area contributed by atoms with Gasteiger partial charge in [0.25, 0.3) is 0 Å². The summed E-state index contributed by atoms with van der Waals surface area (Å²) in [5.41, 5.74) is 0.895. The number of pyridine rings is 1. The van der Waals surface area contributed by atoms with Crippen LogP contribution in [0.4, 0.5) is 13.2 Å². The van der Waals surface area contributed by atoms with Crippen LogP contribution in [-0.4, -0.2) is 10.9 Å². The minimum atomic E-state index is -4.53. The van der Waals surface area contributed by atoms with E-state index in [1.807, 2.05) is 6.07 Å². The Balaban J connectivity index is 1.59. The number of carbonyl (C=O) groups excluding carboxylic acids is 1. The molecule has 3 rings (SSSR count). The minimum absolute atomic E-state index is 0.0509. The van der Waals surface area contributed by atoms with Crippen molar-refractivity contribution in [3.05, 3.63) is 76.6 Å². The van der Waals surface area contributed by atoms with Crippen molar-refractivity contribution in [2.24, 2.45) is 0 Å². The lowest BCUT2D eigenvalue weighted by Crippen LogP contribution is -2.23. The number of halogens is 4. The summed E-state index contributed by atoms with van der Waals surface area (Å²) < 4.78 is 44.1. The van der Waals surface area contributed by atoms with E-state index < -0.39 is 11.7 Å². The fraction of sp³-hybridized carbons (Fsp3) is 0.200. The second-order valence-electron chi connectivity index (χ2n) is 6.08. The number of rotatable bonds is 6. The zero-order valence-corrected chi connectivity index (χ0v) is 15.3. The van der Waals surface area contributed by atoms with Gasteiger partial charge in [0.05, 0.1) is 16.8 Å². The molecule has 0 saturated heterocycles. The molecule has 1 amide bonds. The van der Waals surface area contributed by atoms with Gasteiger partial charge >= 0.3 is 6.18 Å². The summed E-state index contributed by atoms with van der Waals surface area (Å²) >= 11 is 5.61. The molecule has 1 N–H and O–H groups in total. The maximum absolute atomic E-state index is 12.9. The van der Waals surface area contributed by atoms with E-state index >= 15 is 0 Å². The molecule has 2 aromatic heterocycles. The number of amides is 1. The van der Waals surface area contributed by atoms with E-state index in [9.17, 15) is 18.0 Å². The second kappa shape index (κ2) is 8.48. The van der Waals surface area contributed by atoms with E-state index in [4.69, 9.17) is 16.0 Å². The fourth-order valence-electron chi connectivity index (χ4n) is 2.70. The Labute approximate surface area is 164 Å². The van der Waals surface area contributed by atoms with Crippen LogP contribution >= 0.6 is 11.6 Å². The molecular weight excluding hydrogens is 393 g/mol. The smallest absolute Gasteiger partial charge is 0.417 e. The van der Waals surface area contributed by atoms with Gasteiger partial charge in [0, 0.05) is 24.7 Å². The first-order valence-electron chi connectivity index (χ1n) is 8.44. The molecule has 0 spiro atoms. The highest BCUT2D eigenvalue weighted by molar-refractivity contribution is 6.31. The highest BCUT2D eigenvalue weighted by Crippen LogP contribution is 2.35. The Kier molecular flexibility index (Phi) is 6.04. The minimum Gasteiger partial charge on any atom is -0.463 e. The molecule has 0 aliphatic heterocycles. The van der Waals surface area contributed by atoms with Gasteiger partial charge in [-0.2, -0.15) is 13.2 Å². The third kappa shape index (κ3) is 4.92. The molecule has 1 aromatic carbocycles. The van der Waals surface area contributed by atoms with E-state index in [1.54, 1.807) is 24.4 Å². The van der Waals surface area contributed by atoms with Gasteiger partial charge in [0.15, 0.2) is 5.76 Å². The summed E-state index contributed by atoms with van der Waals surface area (Å²) in [5, 5.41) is 2.40. The monoisotopic (exact) mass is 408 g/mol. The third-order valence-corrected chi connectivity index (χ3v) is 4.43. The molecule has 8 heteroatoms. The van der Waals surface area contributed by atoms with Crippen LogP contribution in [0.25, 0.3) is 11.5 Å². The van der Waals surface area contributed by atoms with Gasteiger partial charge in [-0.3, -0.25) is 9.78 Å². The maximum Gasteiger partial charge on any atom is 0.417 e. The molecule has 2 heterocycles. The third-order valence-electron chi connectivity index (χ3n) is 4.10. The van der Waals surface area contributed by atoms with Crippen LogP contribution in [0.15, 0.2) is 59.3 Å². The number of aromatic nitrogens is 1. The Morgan fingerprint density at radius 1 is 1.18 bits per heavy atom. The van der Waals surface area contributed by atoms with Crippen LogP contribution in [-0.2, 0) is 23.9 Å². The summed E-state index contributed by atoms with van der Waals surface area (Å²) in [6.07, 6.45) is -1.15. The van der Waals surface area contributed by atoms with Crippen molar-refractivity contribution in [3.8, 4) is 11.5 Å². The lowest BCUT2D eigenvalue weighted by Gasteiger charge is -2.11. The average molecular weight is 409 g/mol. The second-order valence-corrected chi connectivity index (χ2v) is 6.48. The van der Waals surface area contributed by atoms with Crippen molar-refractivity contribution >= 4 is 17.5 Å². The fourth-order valence-corrected chi connectivity index (χ4v) is 2.93. The molecule has 3 aromatic rings. The van der Waals surface area contributed by atoms with E-state index in [0.29, 0.717) is 17.0 Å². The standard InChI is InChI=1S/C20H16ClF3N2O2/c21-16-7-5-13(11-15(16)20(22,23)24)6-8-18(27)26-12-14-3-1-9-25-19(14)17-4-2-10-28-17/h1-5,7,9-11H,6,8,12H2,(H,26,27). The van der Waals surface area contributed by atoms with Crippen LogP contribution in [0.1, 0.15) is 23.1 Å². The average Bonchev–Trinajstić information content (AvgIpc) is 3.19. The van der Waals surface area contributed by atoms with E-state index in [1.165, 1.54) is 18.4 Å². The molecule has 0 aliphatic rings. The predicted octanol–water partition coefficient (Wildman–Crippen LogP) is 5.26. The number of carbonyl (C=O) groups is 1. The summed E-state index contributed by atoms with van der Waals surface area (Å²) in [4.78, 5) is 16.4. The Bertz CT molecular complexity index is 956. The molecule has 28 heavy (non-hydrogen) atoms. The maximum atomic E-state index is 12.9. The molecule has 0 saturated carbocycles. The highest BCUT2D eigenvalue weighted by atomic mass is 35.5. The van der Waals surface area contributed by atoms with Crippen molar-refractivity contribution in [2.45, 2.75) is 25.6 Å². The Morgan fingerprint density at radius 3 is 2.71 bits per heavy atom. The van der Waals surface area contributed by atoms with E-state index in [-0.39, 0.29) is 30.3 Å². The quantitative estimate of drug-likeness (QED) is 0.605. The Hall–Kier alpha value is -2.80. The number of furan rings is 1. The number of hydrogen-bond acceptors (Lipinski definition) is 3. The molecule has 4 nitrogen and oxygen atoms in total. The normalized spacial score (nSPS) is 11.4. The molecule has 0 aliphatic carbocycles. The molecule has 0 bridgehead atoms. The summed E-state index contributed by atoms with van der Waals surface area (Å²) in [6, 6.07) is 10.7. The summed E-state index contributed by atoms with van der Waals surface area (Å²) in [6.45, 7) is 0.233. The van der Waals surface area contributed by atoms with Crippen LogP contribution in [0, 0.1) is 0 Å². The van der Waals surface area contributed by atoms with E-state index in [2.05, 4.69) is 10.3 Å². The first-order chi connectivity index (χ1) is 13.3. The molecule has 0 unspecified atom stereocenters. The lowest BCUT2D eigenvalue weighted by atomic mass is 10.1. The van der Waals surface area contributed by atoms with Gasteiger partial charge < -0.3 is 9.73 Å². The van der Waals surface area contributed by atoms with Crippen LogP contribution < -0.4 is 5.32 Å². The Morgan fingerprint density at radius 2 is 2.00 bits per heavy atom. The molecule has 146 valence electrons. The zero-order valence-electron chi connectivity index (χ0n) is 14.6.